The van der Waals surface area contributed by atoms with E-state index >= 15 is 0 Å². The lowest BCUT2D eigenvalue weighted by Gasteiger charge is -2.27. The summed E-state index contributed by atoms with van der Waals surface area (Å²) in [6, 6.07) is 8.06. The third kappa shape index (κ3) is 3.85. The van der Waals surface area contributed by atoms with Crippen molar-refractivity contribution in [2.75, 3.05) is 13.1 Å². The van der Waals surface area contributed by atoms with Gasteiger partial charge in [-0.3, -0.25) is 9.69 Å². The number of aromatic nitrogens is 4. The van der Waals surface area contributed by atoms with Crippen LogP contribution in [0.25, 0.3) is 5.69 Å². The van der Waals surface area contributed by atoms with Crippen molar-refractivity contribution in [1.29, 1.82) is 0 Å². The molecule has 1 atom stereocenters. The summed E-state index contributed by atoms with van der Waals surface area (Å²) in [6.07, 6.45) is 1.69. The molecule has 7 heteroatoms. The van der Waals surface area contributed by atoms with Crippen LogP contribution < -0.4 is 0 Å². The average Bonchev–Trinajstić information content (AvgIpc) is 3.02. The van der Waals surface area contributed by atoms with E-state index in [2.05, 4.69) is 27.3 Å². The number of rotatable bonds is 7. The van der Waals surface area contributed by atoms with Gasteiger partial charge in [0.25, 0.3) is 0 Å². The molecule has 2 aromatic rings. The summed E-state index contributed by atoms with van der Waals surface area (Å²) in [5.41, 5.74) is 1.99. The molecule has 1 heterocycles. The Morgan fingerprint density at radius 3 is 2.90 bits per heavy atom. The normalized spacial score (nSPS) is 12.5. The average molecular weight is 289 g/mol. The summed E-state index contributed by atoms with van der Waals surface area (Å²) in [5.74, 6) is -0.775. The molecule has 1 unspecified atom stereocenters. The first-order valence-corrected chi connectivity index (χ1v) is 6.91. The van der Waals surface area contributed by atoms with Gasteiger partial charge >= 0.3 is 5.97 Å². The monoisotopic (exact) mass is 289 g/mol. The largest absolute Gasteiger partial charge is 0.481 e. The number of carbonyl (C=O) groups is 1. The van der Waals surface area contributed by atoms with Crippen molar-refractivity contribution in [2.45, 2.75) is 26.3 Å². The lowest BCUT2D eigenvalue weighted by Crippen LogP contribution is -2.29. The first kappa shape index (κ1) is 15.1. The molecule has 0 saturated heterocycles. The van der Waals surface area contributed by atoms with E-state index in [0.717, 1.165) is 17.8 Å². The Labute approximate surface area is 123 Å². The first-order chi connectivity index (χ1) is 10.1. The number of carboxylic acids is 1. The van der Waals surface area contributed by atoms with Gasteiger partial charge in [0.2, 0.25) is 0 Å². The number of hydrogen-bond acceptors (Lipinski definition) is 5. The lowest BCUT2D eigenvalue weighted by molar-refractivity contribution is -0.137. The Bertz CT molecular complexity index is 585. The summed E-state index contributed by atoms with van der Waals surface area (Å²) in [4.78, 5) is 12.9. The molecule has 0 fully saturated rings. The number of hydrogen-bond donors (Lipinski definition) is 1. The second-order valence-corrected chi connectivity index (χ2v) is 4.80. The molecular weight excluding hydrogens is 270 g/mol. The van der Waals surface area contributed by atoms with Crippen LogP contribution in [0.4, 0.5) is 0 Å². The van der Waals surface area contributed by atoms with Crippen molar-refractivity contribution in [3.63, 3.8) is 0 Å². The molecule has 0 aliphatic heterocycles. The van der Waals surface area contributed by atoms with Gasteiger partial charge in [-0.05, 0) is 41.6 Å². The van der Waals surface area contributed by atoms with Crippen molar-refractivity contribution < 1.29 is 9.90 Å². The summed E-state index contributed by atoms with van der Waals surface area (Å²) >= 11 is 0. The van der Waals surface area contributed by atoms with Gasteiger partial charge in [0.1, 0.15) is 6.33 Å². The summed E-state index contributed by atoms with van der Waals surface area (Å²) in [7, 11) is 0. The van der Waals surface area contributed by atoms with E-state index in [0.29, 0.717) is 6.54 Å². The van der Waals surface area contributed by atoms with E-state index in [1.165, 1.54) is 0 Å². The van der Waals surface area contributed by atoms with Crippen LogP contribution in [-0.2, 0) is 4.79 Å². The molecule has 1 aromatic heterocycles. The predicted octanol–water partition coefficient (Wildman–Crippen LogP) is 1.52. The minimum absolute atomic E-state index is 0.130. The molecule has 0 radical (unpaired) electrons. The zero-order chi connectivity index (χ0) is 15.2. The Morgan fingerprint density at radius 2 is 2.29 bits per heavy atom. The Hall–Kier alpha value is -2.28. The summed E-state index contributed by atoms with van der Waals surface area (Å²) < 4.78 is 1.60. The van der Waals surface area contributed by atoms with Crippen LogP contribution in [0, 0.1) is 0 Å². The SMILES string of the molecule is CCN(CCC(=O)O)C(C)c1cccc(-n2cnnn2)c1. The minimum Gasteiger partial charge on any atom is -0.481 e. The minimum atomic E-state index is -0.775. The maximum absolute atomic E-state index is 10.7. The number of carboxylic acid groups (broad SMARTS) is 1. The topological polar surface area (TPSA) is 84.1 Å². The van der Waals surface area contributed by atoms with Crippen molar-refractivity contribution in [2.24, 2.45) is 0 Å². The van der Waals surface area contributed by atoms with Crippen LogP contribution in [0.2, 0.25) is 0 Å². The van der Waals surface area contributed by atoms with Crippen molar-refractivity contribution in [3.05, 3.63) is 36.2 Å². The van der Waals surface area contributed by atoms with Gasteiger partial charge in [-0.2, -0.15) is 0 Å². The van der Waals surface area contributed by atoms with E-state index in [4.69, 9.17) is 5.11 Å². The standard InChI is InChI=1S/C14H19N5O2/c1-3-18(8-7-14(20)21)11(2)12-5-4-6-13(9-12)19-10-15-16-17-19/h4-6,9-11H,3,7-8H2,1-2H3,(H,20,21). The molecule has 112 valence electrons. The van der Waals surface area contributed by atoms with Crippen LogP contribution in [0.3, 0.4) is 0 Å². The second kappa shape index (κ2) is 6.94. The molecule has 0 amide bonds. The highest BCUT2D eigenvalue weighted by Crippen LogP contribution is 2.22. The predicted molar refractivity (Wildman–Crippen MR) is 77.1 cm³/mol. The van der Waals surface area contributed by atoms with Gasteiger partial charge < -0.3 is 5.11 Å². The zero-order valence-corrected chi connectivity index (χ0v) is 12.2. The fourth-order valence-electron chi connectivity index (χ4n) is 2.28. The zero-order valence-electron chi connectivity index (χ0n) is 12.2. The van der Waals surface area contributed by atoms with Gasteiger partial charge in [-0.1, -0.05) is 19.1 Å². The quantitative estimate of drug-likeness (QED) is 0.832. The van der Waals surface area contributed by atoms with Crippen molar-refractivity contribution >= 4 is 5.97 Å². The smallest absolute Gasteiger partial charge is 0.304 e. The molecule has 1 aromatic carbocycles. The maximum atomic E-state index is 10.7. The molecule has 0 spiro atoms. The fourth-order valence-corrected chi connectivity index (χ4v) is 2.28. The Morgan fingerprint density at radius 1 is 1.48 bits per heavy atom. The number of tetrazole rings is 1. The number of benzene rings is 1. The molecule has 0 bridgehead atoms. The van der Waals surface area contributed by atoms with Crippen LogP contribution >= 0.6 is 0 Å². The van der Waals surface area contributed by atoms with Crippen LogP contribution in [0.5, 0.6) is 0 Å². The van der Waals surface area contributed by atoms with Crippen LogP contribution in [0.1, 0.15) is 31.9 Å². The first-order valence-electron chi connectivity index (χ1n) is 6.91. The van der Waals surface area contributed by atoms with E-state index in [9.17, 15) is 4.79 Å². The van der Waals surface area contributed by atoms with Gasteiger partial charge in [0.15, 0.2) is 0 Å². The molecule has 0 aliphatic carbocycles. The van der Waals surface area contributed by atoms with E-state index in [-0.39, 0.29) is 12.5 Å². The highest BCUT2D eigenvalue weighted by Gasteiger charge is 2.15. The lowest BCUT2D eigenvalue weighted by atomic mass is 10.1. The highest BCUT2D eigenvalue weighted by molar-refractivity contribution is 5.66. The summed E-state index contributed by atoms with van der Waals surface area (Å²) in [6.45, 7) is 5.43. The van der Waals surface area contributed by atoms with Gasteiger partial charge in [0, 0.05) is 12.6 Å². The second-order valence-electron chi connectivity index (χ2n) is 4.80. The van der Waals surface area contributed by atoms with Crippen LogP contribution in [0.15, 0.2) is 30.6 Å². The third-order valence-corrected chi connectivity index (χ3v) is 3.53. The van der Waals surface area contributed by atoms with Crippen LogP contribution in [-0.4, -0.2) is 49.3 Å². The van der Waals surface area contributed by atoms with Gasteiger partial charge in [-0.25, -0.2) is 4.68 Å². The van der Waals surface area contributed by atoms with E-state index < -0.39 is 5.97 Å². The maximum Gasteiger partial charge on any atom is 0.304 e. The van der Waals surface area contributed by atoms with E-state index in [1.54, 1.807) is 11.0 Å². The molecule has 21 heavy (non-hydrogen) atoms. The molecule has 7 nitrogen and oxygen atoms in total. The van der Waals surface area contributed by atoms with Crippen molar-refractivity contribution in [3.8, 4) is 5.69 Å². The third-order valence-electron chi connectivity index (χ3n) is 3.53. The van der Waals surface area contributed by atoms with E-state index in [1.807, 2.05) is 31.2 Å². The molecule has 0 aliphatic rings. The Balaban J connectivity index is 2.16. The molecule has 2 rings (SSSR count). The molecule has 0 saturated carbocycles. The molecular formula is C14H19N5O2. The fraction of sp³-hybridized carbons (Fsp3) is 0.429. The summed E-state index contributed by atoms with van der Waals surface area (Å²) in [5, 5.41) is 20.0. The molecule has 1 N–H and O–H groups in total. The number of aliphatic carboxylic acids is 1. The highest BCUT2D eigenvalue weighted by atomic mass is 16.4. The van der Waals surface area contributed by atoms with Crippen molar-refractivity contribution in [1.82, 2.24) is 25.1 Å². The van der Waals surface area contributed by atoms with Gasteiger partial charge in [-0.15, -0.1) is 5.10 Å². The van der Waals surface area contributed by atoms with Gasteiger partial charge in [0.05, 0.1) is 12.1 Å². The Kier molecular flexibility index (Phi) is 4.99. The number of nitrogens with zero attached hydrogens (tertiary/aromatic N) is 5.